The van der Waals surface area contributed by atoms with Gasteiger partial charge in [-0.3, -0.25) is 0 Å². The molecule has 1 aliphatic carbocycles. The molecule has 0 amide bonds. The Morgan fingerprint density at radius 3 is 2.85 bits per heavy atom. The lowest BCUT2D eigenvalue weighted by atomic mass is 10.0. The molecule has 1 aliphatic rings. The molecule has 1 fully saturated rings. The molecule has 0 bridgehead atoms. The first kappa shape index (κ1) is 13.4. The largest absolute Gasteiger partial charge is 0.399 e. The van der Waals surface area contributed by atoms with Gasteiger partial charge in [-0.2, -0.15) is 0 Å². The zero-order valence-corrected chi connectivity index (χ0v) is 12.0. The van der Waals surface area contributed by atoms with Crippen molar-refractivity contribution in [2.24, 2.45) is 5.92 Å². The van der Waals surface area contributed by atoms with Crippen LogP contribution in [0.25, 0.3) is 11.0 Å². The van der Waals surface area contributed by atoms with E-state index in [2.05, 4.69) is 9.55 Å². The van der Waals surface area contributed by atoms with Gasteiger partial charge < -0.3 is 15.4 Å². The molecule has 0 radical (unpaired) electrons. The Bertz CT molecular complexity index is 597. The average molecular weight is 273 g/mol. The molecule has 1 aromatic carbocycles. The van der Waals surface area contributed by atoms with Gasteiger partial charge in [-0.1, -0.05) is 25.7 Å². The summed E-state index contributed by atoms with van der Waals surface area (Å²) in [5, 5.41) is 9.95. The van der Waals surface area contributed by atoms with E-state index in [1.807, 2.05) is 18.2 Å². The molecule has 3 N–H and O–H groups in total. The first-order valence-corrected chi connectivity index (χ1v) is 7.59. The van der Waals surface area contributed by atoms with Gasteiger partial charge in [0.1, 0.15) is 11.9 Å². The molecular weight excluding hydrogens is 250 g/mol. The third-order valence-corrected chi connectivity index (χ3v) is 4.41. The van der Waals surface area contributed by atoms with Crippen LogP contribution in [0.3, 0.4) is 0 Å². The lowest BCUT2D eigenvalue weighted by Crippen LogP contribution is -2.09. The number of nitrogens with two attached hydrogens (primary N) is 1. The van der Waals surface area contributed by atoms with Crippen molar-refractivity contribution in [2.45, 2.75) is 51.7 Å². The topological polar surface area (TPSA) is 64.1 Å². The minimum atomic E-state index is -0.549. The third kappa shape index (κ3) is 2.52. The van der Waals surface area contributed by atoms with Crippen molar-refractivity contribution in [3.8, 4) is 0 Å². The first-order valence-electron chi connectivity index (χ1n) is 7.59. The van der Waals surface area contributed by atoms with Gasteiger partial charge in [-0.15, -0.1) is 0 Å². The van der Waals surface area contributed by atoms with E-state index in [1.165, 1.54) is 32.1 Å². The molecule has 4 heteroatoms. The summed E-state index contributed by atoms with van der Waals surface area (Å²) in [5.74, 6) is 1.59. The molecule has 1 saturated carbocycles. The number of rotatable bonds is 4. The Kier molecular flexibility index (Phi) is 3.66. The Morgan fingerprint density at radius 2 is 2.15 bits per heavy atom. The van der Waals surface area contributed by atoms with Crippen molar-refractivity contribution in [1.82, 2.24) is 9.55 Å². The summed E-state index contributed by atoms with van der Waals surface area (Å²) in [6, 6.07) is 5.80. The van der Waals surface area contributed by atoms with E-state index in [0.29, 0.717) is 0 Å². The number of aromatic nitrogens is 2. The van der Waals surface area contributed by atoms with Crippen molar-refractivity contribution < 1.29 is 5.11 Å². The third-order valence-electron chi connectivity index (χ3n) is 4.41. The Balaban J connectivity index is 1.91. The van der Waals surface area contributed by atoms with E-state index in [-0.39, 0.29) is 0 Å². The highest BCUT2D eigenvalue weighted by atomic mass is 16.3. The van der Waals surface area contributed by atoms with E-state index in [9.17, 15) is 5.11 Å². The van der Waals surface area contributed by atoms with Crippen LogP contribution in [0.2, 0.25) is 0 Å². The minimum Gasteiger partial charge on any atom is -0.399 e. The van der Waals surface area contributed by atoms with Crippen molar-refractivity contribution in [1.29, 1.82) is 0 Å². The van der Waals surface area contributed by atoms with E-state index in [0.717, 1.165) is 35.0 Å². The normalized spacial score (nSPS) is 17.9. The molecule has 3 rings (SSSR count). The summed E-state index contributed by atoms with van der Waals surface area (Å²) in [4.78, 5) is 4.55. The van der Waals surface area contributed by atoms with Crippen LogP contribution in [0.15, 0.2) is 18.2 Å². The van der Waals surface area contributed by atoms with E-state index in [1.54, 1.807) is 6.92 Å². The zero-order valence-electron chi connectivity index (χ0n) is 12.0. The maximum absolute atomic E-state index is 9.95. The lowest BCUT2D eigenvalue weighted by Gasteiger charge is -2.14. The first-order chi connectivity index (χ1) is 9.65. The van der Waals surface area contributed by atoms with Gasteiger partial charge in [0.05, 0.1) is 11.0 Å². The van der Waals surface area contributed by atoms with Gasteiger partial charge in [0, 0.05) is 12.2 Å². The Hall–Kier alpha value is -1.55. The molecule has 20 heavy (non-hydrogen) atoms. The van der Waals surface area contributed by atoms with Gasteiger partial charge in [-0.25, -0.2) is 4.98 Å². The second kappa shape index (κ2) is 5.44. The van der Waals surface area contributed by atoms with E-state index < -0.39 is 6.10 Å². The summed E-state index contributed by atoms with van der Waals surface area (Å²) >= 11 is 0. The predicted octanol–water partition coefficient (Wildman–Crippen LogP) is 3.25. The molecule has 0 saturated heterocycles. The molecule has 1 aromatic heterocycles. The van der Waals surface area contributed by atoms with Crippen LogP contribution in [0.1, 0.15) is 51.0 Å². The highest BCUT2D eigenvalue weighted by Gasteiger charge is 2.18. The van der Waals surface area contributed by atoms with Crippen molar-refractivity contribution in [2.75, 3.05) is 5.73 Å². The van der Waals surface area contributed by atoms with Gasteiger partial charge in [0.15, 0.2) is 0 Å². The van der Waals surface area contributed by atoms with Crippen molar-refractivity contribution >= 4 is 16.7 Å². The summed E-state index contributed by atoms with van der Waals surface area (Å²) in [5.41, 5.74) is 8.50. The van der Waals surface area contributed by atoms with Crippen LogP contribution in [0, 0.1) is 5.92 Å². The van der Waals surface area contributed by atoms with Gasteiger partial charge in [-0.05, 0) is 37.5 Å². The number of hydrogen-bond acceptors (Lipinski definition) is 3. The van der Waals surface area contributed by atoms with E-state index in [4.69, 9.17) is 5.73 Å². The van der Waals surface area contributed by atoms with Crippen LogP contribution in [0.4, 0.5) is 5.69 Å². The minimum absolute atomic E-state index is 0.549. The molecule has 1 unspecified atom stereocenters. The average Bonchev–Trinajstić information content (AvgIpc) is 3.02. The molecule has 0 aliphatic heterocycles. The molecule has 1 atom stereocenters. The second-order valence-corrected chi connectivity index (χ2v) is 5.98. The van der Waals surface area contributed by atoms with Crippen LogP contribution >= 0.6 is 0 Å². The van der Waals surface area contributed by atoms with Crippen LogP contribution < -0.4 is 5.73 Å². The lowest BCUT2D eigenvalue weighted by molar-refractivity contribution is 0.183. The van der Waals surface area contributed by atoms with Crippen LogP contribution in [-0.4, -0.2) is 14.7 Å². The smallest absolute Gasteiger partial charge is 0.138 e. The fourth-order valence-corrected chi connectivity index (χ4v) is 3.33. The quantitative estimate of drug-likeness (QED) is 0.840. The number of nitrogen functional groups attached to an aromatic ring is 1. The monoisotopic (exact) mass is 273 g/mol. The number of anilines is 1. The number of benzene rings is 1. The summed E-state index contributed by atoms with van der Waals surface area (Å²) in [7, 11) is 0. The summed E-state index contributed by atoms with van der Waals surface area (Å²) in [6.45, 7) is 2.71. The molecule has 1 heterocycles. The van der Waals surface area contributed by atoms with Gasteiger partial charge >= 0.3 is 0 Å². The molecule has 4 nitrogen and oxygen atoms in total. The van der Waals surface area contributed by atoms with Crippen molar-refractivity contribution in [3.05, 3.63) is 24.0 Å². The predicted molar refractivity (Wildman–Crippen MR) is 81.4 cm³/mol. The number of aliphatic hydroxyl groups is 1. The summed E-state index contributed by atoms with van der Waals surface area (Å²) < 4.78 is 2.16. The zero-order chi connectivity index (χ0) is 14.1. The number of hydrogen-bond donors (Lipinski definition) is 2. The number of aliphatic hydroxyl groups excluding tert-OH is 1. The van der Waals surface area contributed by atoms with E-state index >= 15 is 0 Å². The number of imidazole rings is 1. The maximum atomic E-state index is 9.95. The fourth-order valence-electron chi connectivity index (χ4n) is 3.33. The molecule has 108 valence electrons. The summed E-state index contributed by atoms with van der Waals surface area (Å²) in [6.07, 6.45) is 6.07. The standard InChI is InChI=1S/C16H23N3O/c1-11(20)16-18-14-10-13(17)6-7-15(14)19(16)9-8-12-4-2-3-5-12/h6-7,10-12,20H,2-5,8-9,17H2,1H3. The van der Waals surface area contributed by atoms with Crippen molar-refractivity contribution in [3.63, 3.8) is 0 Å². The molecule has 2 aromatic rings. The maximum Gasteiger partial charge on any atom is 0.138 e. The molecular formula is C16H23N3O. The second-order valence-electron chi connectivity index (χ2n) is 5.98. The number of fused-ring (bicyclic) bond motifs is 1. The number of nitrogens with zero attached hydrogens (tertiary/aromatic N) is 2. The van der Waals surface area contributed by atoms with Crippen LogP contribution in [0.5, 0.6) is 0 Å². The number of aryl methyl sites for hydroxylation is 1. The SMILES string of the molecule is CC(O)c1nc2cc(N)ccc2n1CCC1CCCC1. The van der Waals surface area contributed by atoms with Gasteiger partial charge in [0.2, 0.25) is 0 Å². The molecule has 0 spiro atoms. The van der Waals surface area contributed by atoms with Gasteiger partial charge in [0.25, 0.3) is 0 Å². The Morgan fingerprint density at radius 1 is 1.40 bits per heavy atom. The fraction of sp³-hybridized carbons (Fsp3) is 0.562. The van der Waals surface area contributed by atoms with Crippen LogP contribution in [-0.2, 0) is 6.54 Å². The highest BCUT2D eigenvalue weighted by molar-refractivity contribution is 5.79. The Labute approximate surface area is 119 Å². The highest BCUT2D eigenvalue weighted by Crippen LogP contribution is 2.30.